The van der Waals surface area contributed by atoms with E-state index >= 15 is 0 Å². The van der Waals surface area contributed by atoms with Gasteiger partial charge in [0, 0.05) is 0 Å². The molecule has 138 valence electrons. The van der Waals surface area contributed by atoms with Crippen molar-refractivity contribution >= 4 is 23.5 Å². The molecule has 0 aliphatic carbocycles. The van der Waals surface area contributed by atoms with Crippen LogP contribution in [-0.4, -0.2) is 59.1 Å². The van der Waals surface area contributed by atoms with Crippen LogP contribution < -0.4 is 0 Å². The van der Waals surface area contributed by atoms with Crippen molar-refractivity contribution in [1.29, 1.82) is 0 Å². The number of carbonyl (C=O) groups excluding carboxylic acids is 4. The molecule has 0 amide bonds. The Labute approximate surface area is 149 Å². The highest BCUT2D eigenvalue weighted by atomic mass is 16.5. The van der Waals surface area contributed by atoms with Crippen LogP contribution in [0.3, 0.4) is 0 Å². The highest BCUT2D eigenvalue weighted by Crippen LogP contribution is 2.12. The van der Waals surface area contributed by atoms with Gasteiger partial charge in [-0.1, -0.05) is 24.3 Å². The first-order chi connectivity index (χ1) is 12.3. The van der Waals surface area contributed by atoms with Crippen LogP contribution in [-0.2, 0) is 19.1 Å². The lowest BCUT2D eigenvalue weighted by Gasteiger charge is -2.10. The van der Waals surface area contributed by atoms with Crippen molar-refractivity contribution in [2.24, 2.45) is 0 Å². The number of ketones is 2. The van der Waals surface area contributed by atoms with E-state index < -0.39 is 48.9 Å². The normalized spacial score (nSPS) is 12.4. The van der Waals surface area contributed by atoms with Crippen LogP contribution in [0.15, 0.2) is 49.6 Å². The average molecular weight is 362 g/mol. The number of rotatable bonds is 10. The molecule has 2 atom stereocenters. The molecule has 26 heavy (non-hydrogen) atoms. The third-order valence-corrected chi connectivity index (χ3v) is 3.16. The van der Waals surface area contributed by atoms with Gasteiger partial charge in [0.15, 0.2) is 13.2 Å². The molecule has 0 heterocycles. The Morgan fingerprint density at radius 1 is 0.846 bits per heavy atom. The molecule has 1 aromatic rings. The average Bonchev–Trinajstić information content (AvgIpc) is 2.68. The zero-order valence-electron chi connectivity index (χ0n) is 13.8. The Kier molecular flexibility index (Phi) is 8.07. The second kappa shape index (κ2) is 10.0. The quantitative estimate of drug-likeness (QED) is 0.447. The maximum Gasteiger partial charge on any atom is 0.339 e. The summed E-state index contributed by atoms with van der Waals surface area (Å²) in [5.74, 6) is -3.53. The van der Waals surface area contributed by atoms with Crippen LogP contribution in [0.1, 0.15) is 20.7 Å². The van der Waals surface area contributed by atoms with Crippen molar-refractivity contribution in [3.05, 3.63) is 60.7 Å². The predicted octanol–water partition coefficient (Wildman–Crippen LogP) is 0.232. The SMILES string of the molecule is C=CC(O)C(=O)COC(=O)c1ccccc1C(=O)OCC(=O)C(O)C=C. The van der Waals surface area contributed by atoms with Gasteiger partial charge in [0.05, 0.1) is 11.1 Å². The number of aliphatic hydroxyl groups is 2. The molecule has 1 aromatic carbocycles. The fourth-order valence-electron chi connectivity index (χ4n) is 1.70. The minimum absolute atomic E-state index is 0.185. The number of carbonyl (C=O) groups is 4. The molecule has 0 saturated heterocycles. The summed E-state index contributed by atoms with van der Waals surface area (Å²) in [6.45, 7) is 5.05. The van der Waals surface area contributed by atoms with Gasteiger partial charge in [0.2, 0.25) is 11.6 Å². The van der Waals surface area contributed by atoms with E-state index in [2.05, 4.69) is 13.2 Å². The van der Waals surface area contributed by atoms with E-state index in [1.807, 2.05) is 0 Å². The van der Waals surface area contributed by atoms with Gasteiger partial charge in [-0.05, 0) is 12.1 Å². The fourth-order valence-corrected chi connectivity index (χ4v) is 1.70. The van der Waals surface area contributed by atoms with Gasteiger partial charge in [-0.2, -0.15) is 0 Å². The molecular formula is C18H18O8. The monoisotopic (exact) mass is 362 g/mol. The molecule has 2 N–H and O–H groups in total. The molecular weight excluding hydrogens is 344 g/mol. The molecule has 0 fully saturated rings. The Morgan fingerprint density at radius 3 is 1.50 bits per heavy atom. The van der Waals surface area contributed by atoms with Gasteiger partial charge in [0.1, 0.15) is 12.2 Å². The number of hydrogen-bond acceptors (Lipinski definition) is 8. The molecule has 1 rings (SSSR count). The van der Waals surface area contributed by atoms with Crippen molar-refractivity contribution in [3.63, 3.8) is 0 Å². The molecule has 0 saturated carbocycles. The summed E-state index contributed by atoms with van der Waals surface area (Å²) >= 11 is 0. The van der Waals surface area contributed by atoms with Crippen LogP contribution in [0, 0.1) is 0 Å². The van der Waals surface area contributed by atoms with E-state index in [9.17, 15) is 29.4 Å². The molecule has 0 aliphatic rings. The minimum Gasteiger partial charge on any atom is -0.454 e. The van der Waals surface area contributed by atoms with Crippen LogP contribution >= 0.6 is 0 Å². The zero-order chi connectivity index (χ0) is 19.7. The summed E-state index contributed by atoms with van der Waals surface area (Å²) in [5, 5.41) is 18.5. The lowest BCUT2D eigenvalue weighted by molar-refractivity contribution is -0.128. The maximum atomic E-state index is 12.1. The van der Waals surface area contributed by atoms with Crippen molar-refractivity contribution in [1.82, 2.24) is 0 Å². The van der Waals surface area contributed by atoms with Gasteiger partial charge < -0.3 is 19.7 Å². The second-order valence-electron chi connectivity index (χ2n) is 4.99. The molecule has 0 aromatic heterocycles. The standard InChI is InChI=1S/C18H18O8/c1-3-13(19)15(21)9-25-17(23)11-7-5-6-8-12(11)18(24)26-10-16(22)14(20)4-2/h3-8,13-14,19-20H,1-2,9-10H2. The second-order valence-corrected chi connectivity index (χ2v) is 4.99. The van der Waals surface area contributed by atoms with Crippen LogP contribution in [0.25, 0.3) is 0 Å². The topological polar surface area (TPSA) is 127 Å². The highest BCUT2D eigenvalue weighted by Gasteiger charge is 2.22. The summed E-state index contributed by atoms with van der Waals surface area (Å²) in [6, 6.07) is 5.46. The van der Waals surface area contributed by atoms with E-state index in [0.29, 0.717) is 0 Å². The molecule has 0 radical (unpaired) electrons. The Balaban J connectivity index is 2.80. The number of hydrogen-bond donors (Lipinski definition) is 2. The van der Waals surface area contributed by atoms with E-state index in [1.54, 1.807) is 0 Å². The van der Waals surface area contributed by atoms with Crippen LogP contribution in [0.2, 0.25) is 0 Å². The predicted molar refractivity (Wildman–Crippen MR) is 89.4 cm³/mol. The van der Waals surface area contributed by atoms with Gasteiger partial charge in [0.25, 0.3) is 0 Å². The summed E-state index contributed by atoms with van der Waals surface area (Å²) in [7, 11) is 0. The number of benzene rings is 1. The Hall–Kier alpha value is -3.10. The first-order valence-electron chi connectivity index (χ1n) is 7.41. The number of Topliss-reactive ketones (excluding diaryl/α,β-unsaturated/α-hetero) is 2. The highest BCUT2D eigenvalue weighted by molar-refractivity contribution is 6.04. The van der Waals surface area contributed by atoms with Gasteiger partial charge in [-0.15, -0.1) is 13.2 Å². The molecule has 0 aliphatic heterocycles. The lowest BCUT2D eigenvalue weighted by Crippen LogP contribution is -2.26. The van der Waals surface area contributed by atoms with Gasteiger partial charge in [-0.3, -0.25) is 9.59 Å². The molecule has 8 heteroatoms. The molecule has 8 nitrogen and oxygen atoms in total. The third kappa shape index (κ3) is 5.76. The largest absolute Gasteiger partial charge is 0.454 e. The van der Waals surface area contributed by atoms with E-state index in [4.69, 9.17) is 9.47 Å². The number of aliphatic hydroxyl groups excluding tert-OH is 2. The Morgan fingerprint density at radius 2 is 1.19 bits per heavy atom. The first kappa shape index (κ1) is 20.9. The third-order valence-electron chi connectivity index (χ3n) is 3.16. The Bertz CT molecular complexity index is 661. The minimum atomic E-state index is -1.47. The fraction of sp³-hybridized carbons (Fsp3) is 0.222. The van der Waals surface area contributed by atoms with Crippen LogP contribution in [0.5, 0.6) is 0 Å². The van der Waals surface area contributed by atoms with E-state index in [1.165, 1.54) is 24.3 Å². The first-order valence-corrected chi connectivity index (χ1v) is 7.41. The number of esters is 2. The smallest absolute Gasteiger partial charge is 0.339 e. The van der Waals surface area contributed by atoms with Crippen LogP contribution in [0.4, 0.5) is 0 Å². The molecule has 2 unspecified atom stereocenters. The summed E-state index contributed by atoms with van der Waals surface area (Å²) in [6.07, 6.45) is -0.970. The molecule has 0 bridgehead atoms. The van der Waals surface area contributed by atoms with E-state index in [-0.39, 0.29) is 11.1 Å². The van der Waals surface area contributed by atoms with Crippen molar-refractivity contribution in [2.45, 2.75) is 12.2 Å². The number of ether oxygens (including phenoxy) is 2. The lowest BCUT2D eigenvalue weighted by atomic mass is 10.1. The van der Waals surface area contributed by atoms with Crippen molar-refractivity contribution < 1.29 is 38.9 Å². The summed E-state index contributed by atoms with van der Waals surface area (Å²) in [5.41, 5.74) is -0.370. The zero-order valence-corrected chi connectivity index (χ0v) is 13.8. The van der Waals surface area contributed by atoms with Crippen molar-refractivity contribution in [2.75, 3.05) is 13.2 Å². The molecule has 0 spiro atoms. The van der Waals surface area contributed by atoms with Gasteiger partial charge in [-0.25, -0.2) is 9.59 Å². The van der Waals surface area contributed by atoms with E-state index in [0.717, 1.165) is 12.2 Å². The summed E-state index contributed by atoms with van der Waals surface area (Å²) in [4.78, 5) is 47.0. The van der Waals surface area contributed by atoms with Crippen molar-refractivity contribution in [3.8, 4) is 0 Å². The maximum absolute atomic E-state index is 12.1. The van der Waals surface area contributed by atoms with Gasteiger partial charge >= 0.3 is 11.9 Å². The summed E-state index contributed by atoms with van der Waals surface area (Å²) < 4.78 is 9.52.